The van der Waals surface area contributed by atoms with E-state index < -0.39 is 22.2 Å². The highest BCUT2D eigenvalue weighted by Gasteiger charge is 2.45. The van der Waals surface area contributed by atoms with Gasteiger partial charge in [0.2, 0.25) is 0 Å². The molecular formula is C22H36N2O8. The number of carbonyl (C=O) groups excluding carboxylic acids is 4. The van der Waals surface area contributed by atoms with Gasteiger partial charge in [-0.25, -0.2) is 0 Å². The van der Waals surface area contributed by atoms with Crippen LogP contribution in [-0.2, 0) is 38.1 Å². The Hall–Kier alpha value is -2.20. The van der Waals surface area contributed by atoms with E-state index in [4.69, 9.17) is 18.9 Å². The Morgan fingerprint density at radius 3 is 1.41 bits per heavy atom. The van der Waals surface area contributed by atoms with Gasteiger partial charge in [0.15, 0.2) is 0 Å². The molecule has 2 rings (SSSR count). The number of esters is 4. The van der Waals surface area contributed by atoms with Gasteiger partial charge in [0.25, 0.3) is 0 Å². The summed E-state index contributed by atoms with van der Waals surface area (Å²) in [6.45, 7) is 10.9. The molecule has 2 aliphatic rings. The van der Waals surface area contributed by atoms with Gasteiger partial charge in [-0.05, 0) is 54.4 Å². The molecule has 2 N–H and O–H groups in total. The third-order valence-electron chi connectivity index (χ3n) is 5.41. The predicted octanol–water partition coefficient (Wildman–Crippen LogP) is 1.00. The summed E-state index contributed by atoms with van der Waals surface area (Å²) < 4.78 is 21.0. The third-order valence-corrected chi connectivity index (χ3v) is 5.41. The van der Waals surface area contributed by atoms with Crippen LogP contribution in [-0.4, -0.2) is 72.5 Å². The van der Waals surface area contributed by atoms with E-state index >= 15 is 0 Å². The number of morpholine rings is 2. The molecule has 2 saturated heterocycles. The van der Waals surface area contributed by atoms with Gasteiger partial charge in [-0.2, -0.15) is 0 Å². The Labute approximate surface area is 189 Å². The summed E-state index contributed by atoms with van der Waals surface area (Å²) in [4.78, 5) is 47.5. The Morgan fingerprint density at radius 2 is 1.09 bits per heavy atom. The first-order valence-corrected chi connectivity index (χ1v) is 10.9. The average molecular weight is 457 g/mol. The molecular weight excluding hydrogens is 420 g/mol. The molecule has 2 atom stereocenters. The number of nitrogens with one attached hydrogen (secondary N) is 2. The Balaban J connectivity index is 1.62. The van der Waals surface area contributed by atoms with Gasteiger partial charge < -0.3 is 18.9 Å². The van der Waals surface area contributed by atoms with Gasteiger partial charge in [0.1, 0.15) is 37.5 Å². The van der Waals surface area contributed by atoms with Gasteiger partial charge in [-0.3, -0.25) is 29.8 Å². The Bertz CT molecular complexity index is 688. The van der Waals surface area contributed by atoms with Crippen LogP contribution in [0.1, 0.15) is 67.2 Å². The highest BCUT2D eigenvalue weighted by Crippen LogP contribution is 2.22. The fraction of sp³-hybridized carbons (Fsp3) is 0.818. The smallest absolute Gasteiger partial charge is 0.325 e. The molecule has 10 nitrogen and oxygen atoms in total. The van der Waals surface area contributed by atoms with E-state index in [1.54, 1.807) is 27.7 Å². The summed E-state index contributed by atoms with van der Waals surface area (Å²) in [7, 11) is 0. The number of hydrogen-bond acceptors (Lipinski definition) is 10. The summed E-state index contributed by atoms with van der Waals surface area (Å²) in [5, 5.41) is 6.32. The molecule has 0 aliphatic carbocycles. The summed E-state index contributed by atoms with van der Waals surface area (Å²) in [5.41, 5.74) is -2.99. The molecule has 0 saturated carbocycles. The van der Waals surface area contributed by atoms with Crippen molar-refractivity contribution in [2.24, 2.45) is 0 Å². The second-order valence-electron chi connectivity index (χ2n) is 10.3. The Kier molecular flexibility index (Phi) is 7.93. The lowest BCUT2D eigenvalue weighted by Gasteiger charge is -2.42. The zero-order valence-electron chi connectivity index (χ0n) is 19.9. The van der Waals surface area contributed by atoms with Crippen LogP contribution in [0.3, 0.4) is 0 Å². The van der Waals surface area contributed by atoms with Crippen molar-refractivity contribution in [2.75, 3.05) is 26.4 Å². The van der Waals surface area contributed by atoms with Crippen molar-refractivity contribution in [1.29, 1.82) is 0 Å². The topological polar surface area (TPSA) is 129 Å². The molecule has 0 aromatic rings. The summed E-state index contributed by atoms with van der Waals surface area (Å²) >= 11 is 0. The summed E-state index contributed by atoms with van der Waals surface area (Å²) in [6.07, 6.45) is 1.32. The number of hydrogen-bond donors (Lipinski definition) is 2. The summed E-state index contributed by atoms with van der Waals surface area (Å²) in [6, 6.07) is 0. The standard InChI is InChI=1S/C22H36N2O8/c1-19(2)17(27)31-13-21(5,23-19)11-29-15(25)9-7-8-10-16(26)30-12-22(6)14-32-18(28)20(3,4)24-22/h23-24H,7-14H2,1-6H3. The molecule has 2 aliphatic heterocycles. The van der Waals surface area contributed by atoms with E-state index in [0.29, 0.717) is 12.8 Å². The second kappa shape index (κ2) is 9.74. The van der Waals surface area contributed by atoms with E-state index in [2.05, 4.69) is 10.6 Å². The van der Waals surface area contributed by atoms with Crippen molar-refractivity contribution in [2.45, 2.75) is 89.4 Å². The van der Waals surface area contributed by atoms with E-state index in [9.17, 15) is 19.2 Å². The maximum atomic E-state index is 12.0. The van der Waals surface area contributed by atoms with Crippen molar-refractivity contribution in [3.05, 3.63) is 0 Å². The first-order chi connectivity index (χ1) is 14.7. The number of carbonyl (C=O) groups is 4. The van der Waals surface area contributed by atoms with E-state index in [-0.39, 0.29) is 63.1 Å². The predicted molar refractivity (Wildman–Crippen MR) is 114 cm³/mol. The SMILES string of the molecule is CC1(COC(=O)CCCCC(=O)OCC2(C)COC(=O)C(C)(C)N2)COC(=O)C(C)(C)N1. The largest absolute Gasteiger partial charge is 0.464 e. The molecule has 0 aromatic carbocycles. The minimum atomic E-state index is -0.846. The lowest BCUT2D eigenvalue weighted by atomic mass is 9.94. The molecule has 0 amide bonds. The maximum Gasteiger partial charge on any atom is 0.325 e. The molecule has 0 spiro atoms. The molecule has 0 radical (unpaired) electrons. The number of ether oxygens (including phenoxy) is 4. The minimum Gasteiger partial charge on any atom is -0.464 e. The van der Waals surface area contributed by atoms with Crippen LogP contribution in [0.2, 0.25) is 0 Å². The average Bonchev–Trinajstić information content (AvgIpc) is 2.68. The lowest BCUT2D eigenvalue weighted by Crippen LogP contribution is -2.66. The van der Waals surface area contributed by atoms with Crippen LogP contribution in [0.4, 0.5) is 0 Å². The van der Waals surface area contributed by atoms with Gasteiger partial charge in [0, 0.05) is 12.8 Å². The van der Waals surface area contributed by atoms with Gasteiger partial charge in [-0.1, -0.05) is 0 Å². The highest BCUT2D eigenvalue weighted by molar-refractivity contribution is 5.81. The number of cyclic esters (lactones) is 2. The van der Waals surface area contributed by atoms with Gasteiger partial charge in [0.05, 0.1) is 11.1 Å². The fourth-order valence-electron chi connectivity index (χ4n) is 3.81. The van der Waals surface area contributed by atoms with Gasteiger partial charge >= 0.3 is 23.9 Å². The molecule has 182 valence electrons. The maximum absolute atomic E-state index is 12.0. The van der Waals surface area contributed by atoms with Crippen molar-refractivity contribution in [3.8, 4) is 0 Å². The van der Waals surface area contributed by atoms with E-state index in [1.165, 1.54) is 0 Å². The monoisotopic (exact) mass is 456 g/mol. The lowest BCUT2D eigenvalue weighted by molar-refractivity contribution is -0.167. The van der Waals surface area contributed by atoms with Crippen LogP contribution in [0.5, 0.6) is 0 Å². The number of rotatable bonds is 9. The first kappa shape index (κ1) is 26.1. The molecule has 2 heterocycles. The molecule has 0 bridgehead atoms. The molecule has 2 unspecified atom stereocenters. The second-order valence-corrected chi connectivity index (χ2v) is 10.3. The zero-order valence-corrected chi connectivity index (χ0v) is 19.9. The summed E-state index contributed by atoms with van der Waals surface area (Å²) in [5.74, 6) is -1.43. The Morgan fingerprint density at radius 1 is 0.750 bits per heavy atom. The highest BCUT2D eigenvalue weighted by atomic mass is 16.6. The molecule has 0 aromatic heterocycles. The zero-order chi connectivity index (χ0) is 24.2. The normalized spacial score (nSPS) is 28.9. The van der Waals surface area contributed by atoms with Gasteiger partial charge in [-0.15, -0.1) is 0 Å². The molecule has 2 fully saturated rings. The quantitative estimate of drug-likeness (QED) is 0.294. The van der Waals surface area contributed by atoms with Crippen LogP contribution in [0.15, 0.2) is 0 Å². The van der Waals surface area contributed by atoms with Crippen molar-refractivity contribution in [3.63, 3.8) is 0 Å². The minimum absolute atomic E-state index is 0.0804. The fourth-order valence-corrected chi connectivity index (χ4v) is 3.81. The molecule has 32 heavy (non-hydrogen) atoms. The van der Waals surface area contributed by atoms with Crippen LogP contribution in [0, 0.1) is 0 Å². The van der Waals surface area contributed by atoms with E-state index in [0.717, 1.165) is 0 Å². The van der Waals surface area contributed by atoms with Crippen molar-refractivity contribution in [1.82, 2.24) is 10.6 Å². The molecule has 10 heteroatoms. The van der Waals surface area contributed by atoms with E-state index in [1.807, 2.05) is 13.8 Å². The van der Waals surface area contributed by atoms with Crippen LogP contribution in [0.25, 0.3) is 0 Å². The van der Waals surface area contributed by atoms with Crippen molar-refractivity contribution >= 4 is 23.9 Å². The number of unbranched alkanes of at least 4 members (excludes halogenated alkanes) is 1. The van der Waals surface area contributed by atoms with Crippen LogP contribution < -0.4 is 10.6 Å². The third kappa shape index (κ3) is 7.16. The van der Waals surface area contributed by atoms with Crippen molar-refractivity contribution < 1.29 is 38.1 Å². The first-order valence-electron chi connectivity index (χ1n) is 10.9. The van der Waals surface area contributed by atoms with Crippen LogP contribution >= 0.6 is 0 Å².